The van der Waals surface area contributed by atoms with Gasteiger partial charge in [0.1, 0.15) is 0 Å². The van der Waals surface area contributed by atoms with E-state index in [4.69, 9.17) is 5.11 Å². The van der Waals surface area contributed by atoms with Gasteiger partial charge in [0.25, 0.3) is 0 Å². The van der Waals surface area contributed by atoms with E-state index in [1.165, 1.54) is 0 Å². The minimum Gasteiger partial charge on any atom is -0.481 e. The summed E-state index contributed by atoms with van der Waals surface area (Å²) in [6.07, 6.45) is 4.23. The number of nitrogens with zero attached hydrogens (tertiary/aromatic N) is 1. The first kappa shape index (κ1) is 10.5. The van der Waals surface area contributed by atoms with Crippen LogP contribution in [0, 0.1) is 0 Å². The molecule has 4 nitrogen and oxygen atoms in total. The fourth-order valence-corrected chi connectivity index (χ4v) is 1.14. The maximum atomic E-state index is 10.3. The van der Waals surface area contributed by atoms with Crippen LogP contribution in [0.15, 0.2) is 24.5 Å². The molecule has 1 aromatic heterocycles. The zero-order chi connectivity index (χ0) is 10.4. The molecule has 4 heteroatoms. The van der Waals surface area contributed by atoms with Crippen LogP contribution in [0.25, 0.3) is 0 Å². The topological polar surface area (TPSA) is 62.2 Å². The largest absolute Gasteiger partial charge is 0.481 e. The Labute approximate surface area is 83.0 Å². The van der Waals surface area contributed by atoms with Crippen LogP contribution in [0.1, 0.15) is 19.8 Å². The second-order valence-electron chi connectivity index (χ2n) is 3.22. The lowest BCUT2D eigenvalue weighted by atomic mass is 10.2. The van der Waals surface area contributed by atoms with Crippen LogP contribution in [0.2, 0.25) is 0 Å². The van der Waals surface area contributed by atoms with Crippen molar-refractivity contribution in [1.82, 2.24) is 4.98 Å². The zero-order valence-corrected chi connectivity index (χ0v) is 8.10. The molecule has 1 atom stereocenters. The first-order valence-corrected chi connectivity index (χ1v) is 4.57. The van der Waals surface area contributed by atoms with Crippen LogP contribution in [-0.2, 0) is 4.79 Å². The van der Waals surface area contributed by atoms with Gasteiger partial charge >= 0.3 is 5.97 Å². The first-order chi connectivity index (χ1) is 6.68. The Morgan fingerprint density at radius 2 is 2.50 bits per heavy atom. The first-order valence-electron chi connectivity index (χ1n) is 4.57. The zero-order valence-electron chi connectivity index (χ0n) is 8.10. The number of rotatable bonds is 5. The van der Waals surface area contributed by atoms with Crippen LogP contribution in [0.5, 0.6) is 0 Å². The molecule has 2 N–H and O–H groups in total. The van der Waals surface area contributed by atoms with Crippen molar-refractivity contribution in [2.24, 2.45) is 0 Å². The molecule has 0 spiro atoms. The minimum absolute atomic E-state index is 0.148. The summed E-state index contributed by atoms with van der Waals surface area (Å²) in [7, 11) is 0. The SMILES string of the molecule is CC(CCC(=O)O)Nc1cccnc1. The van der Waals surface area contributed by atoms with Crippen molar-refractivity contribution in [3.8, 4) is 0 Å². The van der Waals surface area contributed by atoms with Crippen LogP contribution in [0.4, 0.5) is 5.69 Å². The van der Waals surface area contributed by atoms with Gasteiger partial charge in [-0.05, 0) is 25.5 Å². The smallest absolute Gasteiger partial charge is 0.303 e. The normalized spacial score (nSPS) is 12.1. The second-order valence-corrected chi connectivity index (χ2v) is 3.22. The summed E-state index contributed by atoms with van der Waals surface area (Å²) in [5.74, 6) is -0.759. The summed E-state index contributed by atoms with van der Waals surface area (Å²) in [6, 6.07) is 3.89. The number of carboxylic acids is 1. The highest BCUT2D eigenvalue weighted by atomic mass is 16.4. The number of aromatic nitrogens is 1. The number of pyridine rings is 1. The van der Waals surface area contributed by atoms with E-state index in [1.54, 1.807) is 12.4 Å². The van der Waals surface area contributed by atoms with E-state index in [-0.39, 0.29) is 12.5 Å². The number of anilines is 1. The molecule has 0 aliphatic carbocycles. The van der Waals surface area contributed by atoms with Crippen LogP contribution >= 0.6 is 0 Å². The van der Waals surface area contributed by atoms with Gasteiger partial charge in [-0.1, -0.05) is 0 Å². The third-order valence-electron chi connectivity index (χ3n) is 1.87. The van der Waals surface area contributed by atoms with Gasteiger partial charge in [0.2, 0.25) is 0 Å². The summed E-state index contributed by atoms with van der Waals surface area (Å²) in [5, 5.41) is 11.7. The Morgan fingerprint density at radius 3 is 3.07 bits per heavy atom. The van der Waals surface area contributed by atoms with Gasteiger partial charge in [-0.2, -0.15) is 0 Å². The van der Waals surface area contributed by atoms with Crippen LogP contribution in [-0.4, -0.2) is 22.1 Å². The number of aliphatic carboxylic acids is 1. The average molecular weight is 194 g/mol. The van der Waals surface area contributed by atoms with E-state index < -0.39 is 5.97 Å². The van der Waals surface area contributed by atoms with Crippen molar-refractivity contribution < 1.29 is 9.90 Å². The predicted molar refractivity (Wildman–Crippen MR) is 54.2 cm³/mol. The molecule has 0 saturated carbocycles. The van der Waals surface area contributed by atoms with Crippen molar-refractivity contribution in [1.29, 1.82) is 0 Å². The Morgan fingerprint density at radius 1 is 1.71 bits per heavy atom. The minimum atomic E-state index is -0.759. The molecule has 0 bridgehead atoms. The van der Waals surface area contributed by atoms with Crippen molar-refractivity contribution in [2.75, 3.05) is 5.32 Å². The van der Waals surface area contributed by atoms with Gasteiger partial charge in [-0.25, -0.2) is 0 Å². The van der Waals surface area contributed by atoms with Crippen LogP contribution in [0.3, 0.4) is 0 Å². The Kier molecular flexibility index (Phi) is 3.91. The molecule has 1 unspecified atom stereocenters. The summed E-state index contributed by atoms with van der Waals surface area (Å²) >= 11 is 0. The monoisotopic (exact) mass is 194 g/mol. The third kappa shape index (κ3) is 3.89. The van der Waals surface area contributed by atoms with Gasteiger partial charge in [0, 0.05) is 24.9 Å². The van der Waals surface area contributed by atoms with Gasteiger partial charge in [0.05, 0.1) is 5.69 Å². The molecule has 1 heterocycles. The number of nitrogens with one attached hydrogen (secondary N) is 1. The molecule has 1 aromatic rings. The summed E-state index contributed by atoms with van der Waals surface area (Å²) in [5.41, 5.74) is 0.922. The van der Waals surface area contributed by atoms with E-state index in [9.17, 15) is 4.79 Å². The molecule has 0 aliphatic rings. The molecule has 0 radical (unpaired) electrons. The number of hydrogen-bond donors (Lipinski definition) is 2. The van der Waals surface area contributed by atoms with Crippen molar-refractivity contribution in [2.45, 2.75) is 25.8 Å². The maximum absolute atomic E-state index is 10.3. The fourth-order valence-electron chi connectivity index (χ4n) is 1.14. The summed E-state index contributed by atoms with van der Waals surface area (Å²) in [4.78, 5) is 14.3. The standard InChI is InChI=1S/C10H14N2O2/c1-8(4-5-10(13)14)12-9-3-2-6-11-7-9/h2-3,6-8,12H,4-5H2,1H3,(H,13,14). The maximum Gasteiger partial charge on any atom is 0.303 e. The molecule has 0 aliphatic heterocycles. The molecule has 0 aromatic carbocycles. The molecule has 0 saturated heterocycles. The summed E-state index contributed by atoms with van der Waals surface area (Å²) < 4.78 is 0. The third-order valence-corrected chi connectivity index (χ3v) is 1.87. The Bertz CT molecular complexity index is 287. The van der Waals surface area contributed by atoms with Gasteiger partial charge in [-0.3, -0.25) is 9.78 Å². The average Bonchev–Trinajstić information content (AvgIpc) is 2.16. The van der Waals surface area contributed by atoms with E-state index in [0.717, 1.165) is 5.69 Å². The quantitative estimate of drug-likeness (QED) is 0.749. The van der Waals surface area contributed by atoms with E-state index in [1.807, 2.05) is 19.1 Å². The lowest BCUT2D eigenvalue weighted by Crippen LogP contribution is -2.16. The Balaban J connectivity index is 2.34. The van der Waals surface area contributed by atoms with E-state index >= 15 is 0 Å². The fraction of sp³-hybridized carbons (Fsp3) is 0.400. The van der Waals surface area contributed by atoms with Crippen molar-refractivity contribution in [3.63, 3.8) is 0 Å². The van der Waals surface area contributed by atoms with Crippen molar-refractivity contribution in [3.05, 3.63) is 24.5 Å². The van der Waals surface area contributed by atoms with E-state index in [0.29, 0.717) is 6.42 Å². The number of carbonyl (C=O) groups is 1. The molecule has 1 rings (SSSR count). The molecule has 0 fully saturated rings. The number of carboxylic acid groups (broad SMARTS) is 1. The van der Waals surface area contributed by atoms with Crippen molar-refractivity contribution >= 4 is 11.7 Å². The lowest BCUT2D eigenvalue weighted by Gasteiger charge is -2.13. The van der Waals surface area contributed by atoms with E-state index in [2.05, 4.69) is 10.3 Å². The predicted octanol–water partition coefficient (Wildman–Crippen LogP) is 1.75. The van der Waals surface area contributed by atoms with Gasteiger partial charge in [-0.15, -0.1) is 0 Å². The molecular weight excluding hydrogens is 180 g/mol. The molecule has 0 amide bonds. The number of hydrogen-bond acceptors (Lipinski definition) is 3. The molecule has 76 valence electrons. The van der Waals surface area contributed by atoms with Gasteiger partial charge < -0.3 is 10.4 Å². The molecular formula is C10H14N2O2. The highest BCUT2D eigenvalue weighted by molar-refractivity contribution is 5.66. The summed E-state index contributed by atoms with van der Waals surface area (Å²) in [6.45, 7) is 1.95. The molecule has 14 heavy (non-hydrogen) atoms. The van der Waals surface area contributed by atoms with Gasteiger partial charge in [0.15, 0.2) is 0 Å². The second kappa shape index (κ2) is 5.21. The highest BCUT2D eigenvalue weighted by Gasteiger charge is 2.04. The van der Waals surface area contributed by atoms with Crippen LogP contribution < -0.4 is 5.32 Å². The highest BCUT2D eigenvalue weighted by Crippen LogP contribution is 2.07. The lowest BCUT2D eigenvalue weighted by molar-refractivity contribution is -0.137. The Hall–Kier alpha value is -1.58.